The van der Waals surface area contributed by atoms with Crippen LogP contribution in [0, 0.1) is 5.92 Å². The largest absolute Gasteiger partial charge is 0.303 e. The molecule has 1 heterocycles. The molecule has 0 amide bonds. The van der Waals surface area contributed by atoms with Gasteiger partial charge in [0.05, 0.1) is 0 Å². The van der Waals surface area contributed by atoms with Gasteiger partial charge in [-0.15, -0.1) is 0 Å². The molecular formula is C14H30N2S. The molecule has 0 saturated carbocycles. The van der Waals surface area contributed by atoms with Gasteiger partial charge in [0.25, 0.3) is 0 Å². The molecule has 0 spiro atoms. The summed E-state index contributed by atoms with van der Waals surface area (Å²) in [4.78, 5) is 5.15. The van der Waals surface area contributed by atoms with E-state index in [1.54, 1.807) is 0 Å². The van der Waals surface area contributed by atoms with Crippen LogP contribution in [0.4, 0.5) is 0 Å². The molecule has 1 atom stereocenters. The van der Waals surface area contributed by atoms with E-state index in [0.29, 0.717) is 0 Å². The summed E-state index contributed by atoms with van der Waals surface area (Å²) >= 11 is 4.31. The lowest BCUT2D eigenvalue weighted by Crippen LogP contribution is -2.43. The van der Waals surface area contributed by atoms with Crippen molar-refractivity contribution in [2.45, 2.75) is 45.6 Å². The molecule has 2 nitrogen and oxygen atoms in total. The standard InChI is InChI=1S/C14H30N2S/c1-4-16-10-6-14(7-11-16)15(3)9-5-13(2)8-12-17/h13-14,17H,4-12H2,1-3H3. The monoisotopic (exact) mass is 258 g/mol. The molecule has 3 heteroatoms. The number of likely N-dealkylation sites (tertiary alicyclic amines) is 1. The normalized spacial score (nSPS) is 21.0. The molecule has 1 aliphatic heterocycles. The Morgan fingerprint density at radius 2 is 1.94 bits per heavy atom. The van der Waals surface area contributed by atoms with Crippen LogP contribution in [-0.4, -0.2) is 54.8 Å². The van der Waals surface area contributed by atoms with Crippen LogP contribution in [0.25, 0.3) is 0 Å². The van der Waals surface area contributed by atoms with E-state index in [2.05, 4.69) is 43.3 Å². The van der Waals surface area contributed by atoms with Crippen LogP contribution in [0.1, 0.15) is 39.5 Å². The summed E-state index contributed by atoms with van der Waals surface area (Å²) in [5.74, 6) is 1.85. The van der Waals surface area contributed by atoms with Gasteiger partial charge in [-0.05, 0) is 70.6 Å². The lowest BCUT2D eigenvalue weighted by atomic mass is 10.0. The Labute approximate surface area is 113 Å². The predicted molar refractivity (Wildman–Crippen MR) is 80.0 cm³/mol. The summed E-state index contributed by atoms with van der Waals surface area (Å²) in [5, 5.41) is 0. The van der Waals surface area contributed by atoms with Gasteiger partial charge in [-0.2, -0.15) is 12.6 Å². The molecule has 0 aromatic heterocycles. The minimum absolute atomic E-state index is 0.820. The Hall–Kier alpha value is 0.270. The van der Waals surface area contributed by atoms with Crippen molar-refractivity contribution in [3.8, 4) is 0 Å². The maximum absolute atomic E-state index is 4.31. The first-order valence-electron chi connectivity index (χ1n) is 7.20. The van der Waals surface area contributed by atoms with Crippen LogP contribution < -0.4 is 0 Å². The van der Waals surface area contributed by atoms with Gasteiger partial charge in [0.15, 0.2) is 0 Å². The highest BCUT2D eigenvalue weighted by Crippen LogP contribution is 2.17. The summed E-state index contributed by atoms with van der Waals surface area (Å²) in [6.07, 6.45) is 5.28. The molecule has 0 bridgehead atoms. The Morgan fingerprint density at radius 1 is 1.29 bits per heavy atom. The lowest BCUT2D eigenvalue weighted by Gasteiger charge is -2.36. The van der Waals surface area contributed by atoms with Crippen molar-refractivity contribution >= 4 is 12.6 Å². The third-order valence-electron chi connectivity index (χ3n) is 4.22. The summed E-state index contributed by atoms with van der Waals surface area (Å²) in [5.41, 5.74) is 0. The van der Waals surface area contributed by atoms with E-state index < -0.39 is 0 Å². The summed E-state index contributed by atoms with van der Waals surface area (Å²) < 4.78 is 0. The molecule has 1 saturated heterocycles. The van der Waals surface area contributed by atoms with Crippen LogP contribution in [0.5, 0.6) is 0 Å². The molecule has 102 valence electrons. The van der Waals surface area contributed by atoms with Crippen LogP contribution in [0.3, 0.4) is 0 Å². The van der Waals surface area contributed by atoms with Crippen molar-refractivity contribution < 1.29 is 0 Å². The molecule has 0 radical (unpaired) electrons. The van der Waals surface area contributed by atoms with E-state index in [1.807, 2.05) is 0 Å². The topological polar surface area (TPSA) is 6.48 Å². The number of rotatable bonds is 7. The zero-order valence-electron chi connectivity index (χ0n) is 11.9. The van der Waals surface area contributed by atoms with Gasteiger partial charge in [-0.25, -0.2) is 0 Å². The first-order valence-corrected chi connectivity index (χ1v) is 7.84. The molecule has 1 rings (SSSR count). The summed E-state index contributed by atoms with van der Waals surface area (Å²) in [6, 6.07) is 0.820. The van der Waals surface area contributed by atoms with Crippen molar-refractivity contribution in [2.24, 2.45) is 5.92 Å². The lowest BCUT2D eigenvalue weighted by molar-refractivity contribution is 0.127. The highest BCUT2D eigenvalue weighted by atomic mass is 32.1. The average Bonchev–Trinajstić information content (AvgIpc) is 2.36. The fourth-order valence-corrected chi connectivity index (χ4v) is 3.09. The van der Waals surface area contributed by atoms with Gasteiger partial charge in [-0.1, -0.05) is 13.8 Å². The first-order chi connectivity index (χ1) is 8.17. The SMILES string of the molecule is CCN1CCC(N(C)CCC(C)CCS)CC1. The fraction of sp³-hybridized carbons (Fsp3) is 1.00. The second kappa shape index (κ2) is 8.39. The van der Waals surface area contributed by atoms with E-state index in [4.69, 9.17) is 0 Å². The number of piperidine rings is 1. The van der Waals surface area contributed by atoms with Crippen LogP contribution in [0.15, 0.2) is 0 Å². The molecule has 1 aliphatic rings. The van der Waals surface area contributed by atoms with Crippen LogP contribution in [-0.2, 0) is 0 Å². The molecular weight excluding hydrogens is 228 g/mol. The Morgan fingerprint density at radius 3 is 2.47 bits per heavy atom. The van der Waals surface area contributed by atoms with E-state index in [1.165, 1.54) is 51.9 Å². The number of hydrogen-bond donors (Lipinski definition) is 1. The Balaban J connectivity index is 2.17. The molecule has 17 heavy (non-hydrogen) atoms. The third kappa shape index (κ3) is 5.62. The quantitative estimate of drug-likeness (QED) is 0.702. The van der Waals surface area contributed by atoms with Crippen molar-refractivity contribution in [3.63, 3.8) is 0 Å². The fourth-order valence-electron chi connectivity index (χ4n) is 2.65. The molecule has 0 aliphatic carbocycles. The van der Waals surface area contributed by atoms with Crippen LogP contribution >= 0.6 is 12.6 Å². The van der Waals surface area contributed by atoms with Crippen molar-refractivity contribution in [2.75, 3.05) is 39.0 Å². The summed E-state index contributed by atoms with van der Waals surface area (Å²) in [6.45, 7) is 9.67. The second-order valence-electron chi connectivity index (χ2n) is 5.55. The van der Waals surface area contributed by atoms with Crippen molar-refractivity contribution in [1.29, 1.82) is 0 Å². The van der Waals surface area contributed by atoms with Gasteiger partial charge in [-0.3, -0.25) is 0 Å². The Bertz CT molecular complexity index is 191. The van der Waals surface area contributed by atoms with Crippen molar-refractivity contribution in [1.82, 2.24) is 9.80 Å². The van der Waals surface area contributed by atoms with E-state index in [9.17, 15) is 0 Å². The molecule has 0 N–H and O–H groups in total. The predicted octanol–water partition coefficient (Wildman–Crippen LogP) is 2.75. The van der Waals surface area contributed by atoms with E-state index in [0.717, 1.165) is 17.7 Å². The first kappa shape index (κ1) is 15.3. The number of thiol groups is 1. The van der Waals surface area contributed by atoms with Gasteiger partial charge in [0.1, 0.15) is 0 Å². The molecule has 1 unspecified atom stereocenters. The highest BCUT2D eigenvalue weighted by Gasteiger charge is 2.21. The van der Waals surface area contributed by atoms with Crippen LogP contribution in [0.2, 0.25) is 0 Å². The maximum atomic E-state index is 4.31. The van der Waals surface area contributed by atoms with Gasteiger partial charge < -0.3 is 9.80 Å². The highest BCUT2D eigenvalue weighted by molar-refractivity contribution is 7.80. The zero-order chi connectivity index (χ0) is 12.7. The second-order valence-corrected chi connectivity index (χ2v) is 6.00. The summed E-state index contributed by atoms with van der Waals surface area (Å²) in [7, 11) is 2.31. The molecule has 0 aromatic carbocycles. The van der Waals surface area contributed by atoms with Gasteiger partial charge in [0, 0.05) is 6.04 Å². The van der Waals surface area contributed by atoms with E-state index >= 15 is 0 Å². The number of hydrogen-bond acceptors (Lipinski definition) is 3. The average molecular weight is 258 g/mol. The Kier molecular flexibility index (Phi) is 7.56. The molecule has 0 aromatic rings. The van der Waals surface area contributed by atoms with Gasteiger partial charge >= 0.3 is 0 Å². The number of nitrogens with zero attached hydrogens (tertiary/aromatic N) is 2. The smallest absolute Gasteiger partial charge is 0.0117 e. The zero-order valence-corrected chi connectivity index (χ0v) is 12.8. The maximum Gasteiger partial charge on any atom is 0.0117 e. The van der Waals surface area contributed by atoms with E-state index in [-0.39, 0.29) is 0 Å². The minimum atomic E-state index is 0.820. The third-order valence-corrected chi connectivity index (χ3v) is 4.48. The minimum Gasteiger partial charge on any atom is -0.303 e. The molecule has 1 fully saturated rings. The van der Waals surface area contributed by atoms with Crippen molar-refractivity contribution in [3.05, 3.63) is 0 Å². The van der Waals surface area contributed by atoms with Gasteiger partial charge in [0.2, 0.25) is 0 Å².